The molecule has 2 unspecified atom stereocenters. The van der Waals surface area contributed by atoms with Crippen LogP contribution in [0.4, 0.5) is 0 Å². The first-order valence-electron chi connectivity index (χ1n) is 18.8. The van der Waals surface area contributed by atoms with Crippen molar-refractivity contribution in [3.05, 3.63) is 206 Å². The topological polar surface area (TPSA) is 51.6 Å². The van der Waals surface area contributed by atoms with E-state index in [4.69, 9.17) is 19.9 Å². The first kappa shape index (κ1) is 33.8. The Hall–Kier alpha value is -7.04. The summed E-state index contributed by atoms with van der Waals surface area (Å²) in [7, 11) is 0. The van der Waals surface area contributed by atoms with Crippen molar-refractivity contribution in [3.63, 3.8) is 0 Å². The average molecular weight is 707 g/mol. The van der Waals surface area contributed by atoms with Crippen LogP contribution in [0.5, 0.6) is 0 Å². The molecule has 0 saturated heterocycles. The van der Waals surface area contributed by atoms with Gasteiger partial charge in [0.15, 0.2) is 17.5 Å². The van der Waals surface area contributed by atoms with Crippen LogP contribution in [0.25, 0.3) is 78.8 Å². The molecule has 9 rings (SSSR count). The van der Waals surface area contributed by atoms with Crippen molar-refractivity contribution in [1.29, 1.82) is 0 Å². The van der Waals surface area contributed by atoms with E-state index < -0.39 is 0 Å². The lowest BCUT2D eigenvalue weighted by Gasteiger charge is -2.21. The van der Waals surface area contributed by atoms with Gasteiger partial charge in [0.25, 0.3) is 0 Å². The van der Waals surface area contributed by atoms with Crippen molar-refractivity contribution in [1.82, 2.24) is 19.9 Å². The van der Waals surface area contributed by atoms with Gasteiger partial charge in [-0.1, -0.05) is 195 Å². The summed E-state index contributed by atoms with van der Waals surface area (Å²) < 4.78 is 0. The molecule has 2 heterocycles. The van der Waals surface area contributed by atoms with Crippen LogP contribution in [0.1, 0.15) is 18.4 Å². The highest BCUT2D eigenvalue weighted by atomic mass is 15.0. The van der Waals surface area contributed by atoms with Gasteiger partial charge in [-0.3, -0.25) is 4.98 Å². The van der Waals surface area contributed by atoms with Gasteiger partial charge in [0.05, 0.1) is 5.69 Å². The van der Waals surface area contributed by atoms with Gasteiger partial charge in [0, 0.05) is 39.9 Å². The lowest BCUT2D eigenvalue weighted by molar-refractivity contribution is 0.635. The van der Waals surface area contributed by atoms with Gasteiger partial charge in [-0.15, -0.1) is 0 Å². The Morgan fingerprint density at radius 3 is 1.35 bits per heavy atom. The molecule has 0 saturated carbocycles. The Kier molecular flexibility index (Phi) is 9.29. The van der Waals surface area contributed by atoms with Crippen molar-refractivity contribution in [2.75, 3.05) is 0 Å². The number of benzene rings is 6. The second-order valence-electron chi connectivity index (χ2n) is 14.0. The fourth-order valence-corrected chi connectivity index (χ4v) is 7.30. The van der Waals surface area contributed by atoms with Gasteiger partial charge in [0.2, 0.25) is 0 Å². The second kappa shape index (κ2) is 15.1. The summed E-state index contributed by atoms with van der Waals surface area (Å²) in [5.41, 5.74) is 12.8. The molecular formula is C51H38N4. The van der Waals surface area contributed by atoms with Gasteiger partial charge in [0.1, 0.15) is 0 Å². The lowest BCUT2D eigenvalue weighted by Crippen LogP contribution is -2.07. The minimum absolute atomic E-state index is 0.345. The highest BCUT2D eigenvalue weighted by Gasteiger charge is 2.18. The van der Waals surface area contributed by atoms with E-state index >= 15 is 0 Å². The Labute approximate surface area is 322 Å². The summed E-state index contributed by atoms with van der Waals surface area (Å²) in [4.78, 5) is 20.1. The van der Waals surface area contributed by atoms with Crippen molar-refractivity contribution in [3.8, 4) is 78.8 Å². The summed E-state index contributed by atoms with van der Waals surface area (Å²) in [5, 5.41) is 0. The summed E-state index contributed by atoms with van der Waals surface area (Å²) in [6.45, 7) is 2.26. The van der Waals surface area contributed by atoms with Gasteiger partial charge >= 0.3 is 0 Å². The van der Waals surface area contributed by atoms with E-state index in [0.29, 0.717) is 29.3 Å². The van der Waals surface area contributed by atoms with Crippen molar-refractivity contribution in [2.45, 2.75) is 12.8 Å². The standard InChI is InChI=1S/C51H38N4/c1-35-13-11-12-20-45(35)39-23-29-43(30-24-39)50-53-49(42-27-21-37(22-28-42)36-14-5-2-6-15-36)54-51(55-50)44-31-25-40(26-32-44)47-34-52-48(41-18-9-4-10-19-41)33-46(47)38-16-7-3-8-17-38/h2-35,45H,1H3. The third kappa shape index (κ3) is 7.18. The quantitative estimate of drug-likeness (QED) is 0.158. The molecule has 6 aromatic carbocycles. The van der Waals surface area contributed by atoms with Crippen LogP contribution >= 0.6 is 0 Å². The number of hydrogen-bond acceptors (Lipinski definition) is 4. The van der Waals surface area contributed by atoms with Gasteiger partial charge in [-0.25, -0.2) is 15.0 Å². The summed E-state index contributed by atoms with van der Waals surface area (Å²) in [6, 6.07) is 59.0. The van der Waals surface area contributed by atoms with Crippen LogP contribution in [0.15, 0.2) is 200 Å². The van der Waals surface area contributed by atoms with Crippen LogP contribution in [0, 0.1) is 5.92 Å². The van der Waals surface area contributed by atoms with Crippen LogP contribution in [-0.4, -0.2) is 19.9 Å². The molecular weight excluding hydrogens is 669 g/mol. The Balaban J connectivity index is 1.10. The smallest absolute Gasteiger partial charge is 0.164 e. The summed E-state index contributed by atoms with van der Waals surface area (Å²) >= 11 is 0. The SMILES string of the molecule is CC1C=CC=CC1c1ccc(-c2nc(-c3ccc(-c4ccccc4)cc3)nc(-c3ccc(-c4cnc(-c5ccccc5)cc4-c4ccccc4)cc3)n2)cc1. The van der Waals surface area contributed by atoms with Gasteiger partial charge < -0.3 is 0 Å². The maximum absolute atomic E-state index is 5.07. The molecule has 0 fully saturated rings. The van der Waals surface area contributed by atoms with Crippen molar-refractivity contribution in [2.24, 2.45) is 5.92 Å². The highest BCUT2D eigenvalue weighted by Crippen LogP contribution is 2.36. The predicted octanol–water partition coefficient (Wildman–Crippen LogP) is 12.8. The van der Waals surface area contributed by atoms with E-state index in [1.165, 1.54) is 11.1 Å². The average Bonchev–Trinajstić information content (AvgIpc) is 3.27. The van der Waals surface area contributed by atoms with E-state index in [-0.39, 0.29) is 0 Å². The summed E-state index contributed by atoms with van der Waals surface area (Å²) in [6.07, 6.45) is 10.8. The second-order valence-corrected chi connectivity index (χ2v) is 14.0. The van der Waals surface area contributed by atoms with E-state index in [0.717, 1.165) is 55.8 Å². The first-order valence-corrected chi connectivity index (χ1v) is 18.8. The lowest BCUT2D eigenvalue weighted by atomic mass is 9.84. The first-order chi connectivity index (χ1) is 27.2. The zero-order chi connectivity index (χ0) is 37.0. The van der Waals surface area contributed by atoms with Crippen LogP contribution < -0.4 is 0 Å². The number of pyridine rings is 1. The molecule has 55 heavy (non-hydrogen) atoms. The molecule has 262 valence electrons. The van der Waals surface area contributed by atoms with Crippen molar-refractivity contribution >= 4 is 0 Å². The Morgan fingerprint density at radius 1 is 0.382 bits per heavy atom. The van der Waals surface area contributed by atoms with E-state index in [1.54, 1.807) is 0 Å². The number of nitrogens with zero attached hydrogens (tertiary/aromatic N) is 4. The molecule has 4 nitrogen and oxygen atoms in total. The molecule has 1 aliphatic rings. The van der Waals surface area contributed by atoms with E-state index in [9.17, 15) is 0 Å². The zero-order valence-corrected chi connectivity index (χ0v) is 30.5. The molecule has 0 N–H and O–H groups in total. The minimum Gasteiger partial charge on any atom is -0.256 e. The fourth-order valence-electron chi connectivity index (χ4n) is 7.30. The molecule has 2 atom stereocenters. The third-order valence-corrected chi connectivity index (χ3v) is 10.4. The van der Waals surface area contributed by atoms with Crippen molar-refractivity contribution < 1.29 is 0 Å². The number of rotatable bonds is 8. The van der Waals surface area contributed by atoms with Gasteiger partial charge in [-0.2, -0.15) is 0 Å². The zero-order valence-electron chi connectivity index (χ0n) is 30.5. The minimum atomic E-state index is 0.345. The largest absolute Gasteiger partial charge is 0.256 e. The van der Waals surface area contributed by atoms with Crippen LogP contribution in [0.3, 0.4) is 0 Å². The van der Waals surface area contributed by atoms with Crippen LogP contribution in [-0.2, 0) is 0 Å². The highest BCUT2D eigenvalue weighted by molar-refractivity contribution is 5.86. The molecule has 0 spiro atoms. The molecule has 0 bridgehead atoms. The Morgan fingerprint density at radius 2 is 0.800 bits per heavy atom. The van der Waals surface area contributed by atoms with Gasteiger partial charge in [-0.05, 0) is 45.4 Å². The maximum atomic E-state index is 5.07. The summed E-state index contributed by atoms with van der Waals surface area (Å²) in [5.74, 6) is 2.68. The molecule has 1 aliphatic carbocycles. The maximum Gasteiger partial charge on any atom is 0.164 e. The van der Waals surface area contributed by atoms with Crippen LogP contribution in [0.2, 0.25) is 0 Å². The molecule has 8 aromatic rings. The number of allylic oxidation sites excluding steroid dienone is 4. The molecule has 4 heteroatoms. The predicted molar refractivity (Wildman–Crippen MR) is 226 cm³/mol. The molecule has 0 aliphatic heterocycles. The fraction of sp³-hybridized carbons (Fsp3) is 0.0588. The normalized spacial score (nSPS) is 14.9. The number of hydrogen-bond donors (Lipinski definition) is 0. The van der Waals surface area contributed by atoms with E-state index in [2.05, 4.69) is 171 Å². The monoisotopic (exact) mass is 706 g/mol. The molecule has 0 amide bonds. The molecule has 0 radical (unpaired) electrons. The molecule has 2 aromatic heterocycles. The number of aromatic nitrogens is 4. The van der Waals surface area contributed by atoms with E-state index in [1.807, 2.05) is 36.5 Å². The Bertz CT molecular complexity index is 2610. The third-order valence-electron chi connectivity index (χ3n) is 10.4.